The van der Waals surface area contributed by atoms with E-state index in [2.05, 4.69) is 504 Å². The van der Waals surface area contributed by atoms with Gasteiger partial charge in [0.15, 0.2) is 0 Å². The largest absolute Gasteiger partial charge is 0.455 e. The van der Waals surface area contributed by atoms with E-state index in [0.29, 0.717) is 0 Å². The molecular formula is C126H84N4O2. The van der Waals surface area contributed by atoms with Crippen LogP contribution in [0, 0.1) is 0 Å². The van der Waals surface area contributed by atoms with Crippen LogP contribution < -0.4 is 9.80 Å². The monoisotopic (exact) mass is 1680 g/mol. The number of hydrogen-bond donors (Lipinski definition) is 0. The van der Waals surface area contributed by atoms with E-state index < -0.39 is 0 Å². The van der Waals surface area contributed by atoms with Crippen molar-refractivity contribution in [2.24, 2.45) is 0 Å². The Labute approximate surface area is 765 Å². The second-order valence-corrected chi connectivity index (χ2v) is 33.8. The molecule has 4 aromatic heterocycles. The zero-order chi connectivity index (χ0) is 87.4. The van der Waals surface area contributed by atoms with Crippen molar-refractivity contribution < 1.29 is 8.83 Å². The van der Waals surface area contributed by atoms with Gasteiger partial charge in [-0.05, 0) is 241 Å². The molecule has 0 saturated carbocycles. The molecule has 0 N–H and O–H groups in total. The number of hydrogen-bond acceptors (Lipinski definition) is 4. The van der Waals surface area contributed by atoms with Crippen molar-refractivity contribution in [3.05, 3.63) is 510 Å². The topological polar surface area (TPSA) is 42.6 Å². The van der Waals surface area contributed by atoms with Crippen LogP contribution in [0.15, 0.2) is 518 Å². The van der Waals surface area contributed by atoms with Crippen LogP contribution in [0.3, 0.4) is 0 Å². The summed E-state index contributed by atoms with van der Waals surface area (Å²) in [5.41, 5.74) is 38.1. The predicted octanol–water partition coefficient (Wildman–Crippen LogP) is 35.3. The summed E-state index contributed by atoms with van der Waals surface area (Å²) in [7, 11) is 0. The molecule has 0 amide bonds. The van der Waals surface area contributed by atoms with E-state index in [1.165, 1.54) is 105 Å². The maximum atomic E-state index is 6.46. The van der Waals surface area contributed by atoms with Gasteiger partial charge >= 0.3 is 0 Å². The Bertz CT molecular complexity index is 8370. The van der Waals surface area contributed by atoms with E-state index in [4.69, 9.17) is 8.83 Å². The summed E-state index contributed by atoms with van der Waals surface area (Å²) in [5, 5.41) is 9.58. The average molecular weight is 1690 g/mol. The van der Waals surface area contributed by atoms with Crippen LogP contribution in [0.4, 0.5) is 34.1 Å². The zero-order valence-corrected chi connectivity index (χ0v) is 72.1. The summed E-state index contributed by atoms with van der Waals surface area (Å²) >= 11 is 0. The molecule has 0 bridgehead atoms. The molecule has 0 spiro atoms. The van der Waals surface area contributed by atoms with E-state index >= 15 is 0 Å². The molecule has 4 heterocycles. The Morgan fingerprint density at radius 1 is 0.144 bits per heavy atom. The Kier molecular flexibility index (Phi) is 19.9. The molecule has 21 aromatic carbocycles. The summed E-state index contributed by atoms with van der Waals surface area (Å²) in [6.45, 7) is 0. The van der Waals surface area contributed by atoms with Gasteiger partial charge in [-0.15, -0.1) is 0 Å². The maximum absolute atomic E-state index is 6.46. The fourth-order valence-corrected chi connectivity index (χ4v) is 19.5. The van der Waals surface area contributed by atoms with Gasteiger partial charge in [0.2, 0.25) is 0 Å². The van der Waals surface area contributed by atoms with E-state index in [1.807, 2.05) is 24.3 Å². The van der Waals surface area contributed by atoms with Gasteiger partial charge in [0, 0.05) is 99.7 Å². The van der Waals surface area contributed by atoms with Gasteiger partial charge in [0.1, 0.15) is 22.3 Å². The minimum atomic E-state index is 0.900. The second-order valence-electron chi connectivity index (χ2n) is 33.8. The molecule has 0 atom stereocenters. The van der Waals surface area contributed by atoms with Gasteiger partial charge in [-0.3, -0.25) is 0 Å². The van der Waals surface area contributed by atoms with Crippen LogP contribution in [0.5, 0.6) is 0 Å². The Hall–Kier alpha value is -17.6. The van der Waals surface area contributed by atoms with Gasteiger partial charge in [0.05, 0.1) is 22.1 Å². The molecule has 0 saturated heterocycles. The van der Waals surface area contributed by atoms with E-state index in [-0.39, 0.29) is 0 Å². The lowest BCUT2D eigenvalue weighted by molar-refractivity contribution is 0.669. The zero-order valence-electron chi connectivity index (χ0n) is 72.1. The van der Waals surface area contributed by atoms with Crippen molar-refractivity contribution in [1.29, 1.82) is 0 Å². The van der Waals surface area contributed by atoms with Crippen LogP contribution >= 0.6 is 0 Å². The fraction of sp³-hybridized carbons (Fsp3) is 0. The molecule has 132 heavy (non-hydrogen) atoms. The SMILES string of the molecule is c1ccc(-c2cc(-c3ccccc3)cc(-c3ccc(N(c4ccc(-c5ccc(-n6c7ccccc7c7ccccc76)cc5)cc4)c4ccc(-c5cccc6c5oc5ccccc56)cc4)cc3)c2)cc1.c1ccc(-c2ccc(-c3ccc(N(c4ccc(-c5ccc(-n6c7ccccc7c7ccccc76)cc5)cc4)c4ccc(-c5cccc6c5oc5ccccc56)cc4)cc3)cc2)cc1. The lowest BCUT2D eigenvalue weighted by Crippen LogP contribution is -2.09. The van der Waals surface area contributed by atoms with Gasteiger partial charge in [0.25, 0.3) is 0 Å². The third kappa shape index (κ3) is 14.5. The first-order chi connectivity index (χ1) is 65.4. The van der Waals surface area contributed by atoms with Crippen LogP contribution in [-0.2, 0) is 0 Å². The van der Waals surface area contributed by atoms with Crippen molar-refractivity contribution in [3.63, 3.8) is 0 Å². The van der Waals surface area contributed by atoms with Crippen molar-refractivity contribution in [3.8, 4) is 112 Å². The molecule has 25 aromatic rings. The Morgan fingerprint density at radius 3 is 0.636 bits per heavy atom. The quantitative estimate of drug-likeness (QED) is 0.0911. The van der Waals surface area contributed by atoms with Gasteiger partial charge in [-0.25, -0.2) is 0 Å². The molecule has 6 nitrogen and oxygen atoms in total. The molecule has 0 radical (unpaired) electrons. The summed E-state index contributed by atoms with van der Waals surface area (Å²) in [6, 6.07) is 183. The molecule has 0 fully saturated rings. The number of aromatic nitrogens is 2. The third-order valence-electron chi connectivity index (χ3n) is 26.1. The van der Waals surface area contributed by atoms with Crippen molar-refractivity contribution >= 4 is 122 Å². The molecule has 25 rings (SSSR count). The summed E-state index contributed by atoms with van der Waals surface area (Å²) < 4.78 is 17.6. The fourth-order valence-electron chi connectivity index (χ4n) is 19.5. The second kappa shape index (κ2) is 33.6. The molecule has 620 valence electrons. The van der Waals surface area contributed by atoms with Crippen LogP contribution in [0.25, 0.3) is 199 Å². The van der Waals surface area contributed by atoms with E-state index in [1.54, 1.807) is 0 Å². The van der Waals surface area contributed by atoms with Crippen molar-refractivity contribution in [2.75, 3.05) is 9.80 Å². The highest BCUT2D eigenvalue weighted by Gasteiger charge is 2.22. The number of nitrogens with zero attached hydrogens (tertiary/aromatic N) is 4. The third-order valence-corrected chi connectivity index (χ3v) is 26.1. The molecule has 0 aliphatic rings. The normalized spacial score (nSPS) is 11.5. The minimum Gasteiger partial charge on any atom is -0.455 e. The number of rotatable bonds is 17. The number of fused-ring (bicyclic) bond motifs is 12. The first kappa shape index (κ1) is 77.9. The highest BCUT2D eigenvalue weighted by Crippen LogP contribution is 2.46. The standard InChI is InChI=1S/C66H44N2O.C60H40N2O/c1-3-14-45(15-4-1)51-42-52(46-16-5-2-6-17-46)44-53(43-51)49-30-36-55(37-31-49)67(56-40-32-50(33-41-56)58-21-13-22-62-61-20-9-12-25-65(61)69-66(58)62)54-34-26-47(27-35-54)48-28-38-57(39-29-48)68-63-23-10-7-18-59(63)60-19-8-11-24-64(60)68;1-2-11-41(12-3-1)42-21-23-43(24-22-42)44-25-33-48(34-26-44)61(50-39-31-47(32-40-50)52-16-10-17-56-55-15-6-9-20-59(55)63-60(52)56)49-35-27-45(28-36-49)46-29-37-51(38-30-46)62-57-18-7-4-13-53(57)54-14-5-8-19-58(54)62/h1-44H;1-40H. The highest BCUT2D eigenvalue weighted by molar-refractivity contribution is 6.13. The first-order valence-corrected chi connectivity index (χ1v) is 45.1. The van der Waals surface area contributed by atoms with E-state index in [9.17, 15) is 0 Å². The number of benzene rings is 21. The summed E-state index contributed by atoms with van der Waals surface area (Å²) in [4.78, 5) is 4.68. The number of para-hydroxylation sites is 8. The van der Waals surface area contributed by atoms with E-state index in [0.717, 1.165) is 128 Å². The van der Waals surface area contributed by atoms with Gasteiger partial charge < -0.3 is 27.8 Å². The summed E-state index contributed by atoms with van der Waals surface area (Å²) in [5.74, 6) is 0. The smallest absolute Gasteiger partial charge is 0.143 e. The molecule has 0 unspecified atom stereocenters. The van der Waals surface area contributed by atoms with Crippen LogP contribution in [-0.4, -0.2) is 9.13 Å². The highest BCUT2D eigenvalue weighted by atomic mass is 16.3. The van der Waals surface area contributed by atoms with Crippen LogP contribution in [0.1, 0.15) is 0 Å². The minimum absolute atomic E-state index is 0.900. The van der Waals surface area contributed by atoms with Crippen molar-refractivity contribution in [2.45, 2.75) is 0 Å². The lowest BCUT2D eigenvalue weighted by Gasteiger charge is -2.26. The van der Waals surface area contributed by atoms with Crippen molar-refractivity contribution in [1.82, 2.24) is 9.13 Å². The molecular weight excluding hydrogens is 1600 g/mol. The molecule has 6 heteroatoms. The van der Waals surface area contributed by atoms with Crippen LogP contribution in [0.2, 0.25) is 0 Å². The number of furan rings is 2. The Morgan fingerprint density at radius 2 is 0.348 bits per heavy atom. The van der Waals surface area contributed by atoms with Gasteiger partial charge in [-0.1, -0.05) is 358 Å². The molecule has 0 aliphatic heterocycles. The maximum Gasteiger partial charge on any atom is 0.143 e. The summed E-state index contributed by atoms with van der Waals surface area (Å²) in [6.07, 6.45) is 0. The molecule has 0 aliphatic carbocycles. The predicted molar refractivity (Wildman–Crippen MR) is 554 cm³/mol. The average Bonchev–Trinajstić information content (AvgIpc) is 1.62. The Balaban J connectivity index is 0.000000146. The number of anilines is 6. The lowest BCUT2D eigenvalue weighted by atomic mass is 9.93. The first-order valence-electron chi connectivity index (χ1n) is 45.1. The van der Waals surface area contributed by atoms with Gasteiger partial charge in [-0.2, -0.15) is 0 Å².